The largest absolute Gasteiger partial charge is 0.463 e. The molecular formula is C16H19N5O3S2. The van der Waals surface area contributed by atoms with E-state index in [1.807, 2.05) is 24.4 Å². The molecule has 1 aliphatic heterocycles. The molecule has 1 atom stereocenters. The number of rotatable bonds is 7. The summed E-state index contributed by atoms with van der Waals surface area (Å²) in [6.07, 6.45) is 0.596. The van der Waals surface area contributed by atoms with Crippen molar-refractivity contribution in [2.75, 3.05) is 12.4 Å². The van der Waals surface area contributed by atoms with E-state index in [9.17, 15) is 9.59 Å². The van der Waals surface area contributed by atoms with Gasteiger partial charge in [-0.15, -0.1) is 16.4 Å². The van der Waals surface area contributed by atoms with Gasteiger partial charge in [-0.1, -0.05) is 24.8 Å². The van der Waals surface area contributed by atoms with Gasteiger partial charge < -0.3 is 15.4 Å². The molecule has 0 saturated heterocycles. The average Bonchev–Trinajstić information content (AvgIpc) is 3.30. The quantitative estimate of drug-likeness (QED) is 0.493. The Balaban J connectivity index is 1.78. The summed E-state index contributed by atoms with van der Waals surface area (Å²) < 4.78 is 5.15. The van der Waals surface area contributed by atoms with Crippen LogP contribution >= 0.6 is 23.1 Å². The van der Waals surface area contributed by atoms with E-state index in [1.54, 1.807) is 18.3 Å². The van der Waals surface area contributed by atoms with Crippen LogP contribution in [0.1, 0.15) is 20.3 Å². The van der Waals surface area contributed by atoms with Crippen molar-refractivity contribution in [3.63, 3.8) is 0 Å². The number of carbonyl (C=O) groups excluding carboxylic acids is 2. The average molecular weight is 393 g/mol. The Morgan fingerprint density at radius 1 is 1.42 bits per heavy atom. The molecule has 0 fully saturated rings. The van der Waals surface area contributed by atoms with E-state index in [0.717, 1.165) is 4.88 Å². The maximum Gasteiger partial charge on any atom is 0.337 e. The number of thioether (sulfide) groups is 1. The SMILES string of the molecule is CCOC(=O)C1=C(CSc2n[nH]c(-c3cccs3)n2)NC(=O)N[C@H]1CC. The lowest BCUT2D eigenvalue weighted by atomic mass is 10.0. The second kappa shape index (κ2) is 8.37. The molecule has 2 aromatic rings. The summed E-state index contributed by atoms with van der Waals surface area (Å²) in [4.78, 5) is 29.7. The third kappa shape index (κ3) is 4.07. The lowest BCUT2D eigenvalue weighted by Gasteiger charge is -2.28. The Hall–Kier alpha value is -2.33. The van der Waals surface area contributed by atoms with Gasteiger partial charge in [-0.05, 0) is 24.8 Å². The van der Waals surface area contributed by atoms with Crippen LogP contribution in [0.2, 0.25) is 0 Å². The zero-order valence-electron chi connectivity index (χ0n) is 14.4. The number of amides is 2. The fraction of sp³-hybridized carbons (Fsp3) is 0.375. The number of aromatic nitrogens is 3. The van der Waals surface area contributed by atoms with Crippen LogP contribution < -0.4 is 10.6 Å². The molecule has 0 unspecified atom stereocenters. The van der Waals surface area contributed by atoms with Gasteiger partial charge in [-0.25, -0.2) is 14.6 Å². The van der Waals surface area contributed by atoms with Crippen LogP contribution in [-0.4, -0.2) is 45.6 Å². The Morgan fingerprint density at radius 3 is 2.96 bits per heavy atom. The summed E-state index contributed by atoms with van der Waals surface area (Å²) in [6.45, 7) is 3.93. The third-order valence-electron chi connectivity index (χ3n) is 3.71. The van der Waals surface area contributed by atoms with Crippen LogP contribution in [-0.2, 0) is 9.53 Å². The molecule has 0 spiro atoms. The van der Waals surface area contributed by atoms with Crippen molar-refractivity contribution in [2.24, 2.45) is 0 Å². The Bertz CT molecular complexity index is 816. The number of urea groups is 1. The molecule has 2 amide bonds. The second-order valence-electron chi connectivity index (χ2n) is 5.40. The van der Waals surface area contributed by atoms with Gasteiger partial charge in [0.25, 0.3) is 0 Å². The molecule has 10 heteroatoms. The zero-order chi connectivity index (χ0) is 18.5. The number of aromatic amines is 1. The molecule has 0 bridgehead atoms. The van der Waals surface area contributed by atoms with Crippen LogP contribution in [0.5, 0.6) is 0 Å². The Kier molecular flexibility index (Phi) is 5.94. The van der Waals surface area contributed by atoms with E-state index >= 15 is 0 Å². The van der Waals surface area contributed by atoms with Crippen LogP contribution in [0.4, 0.5) is 4.79 Å². The van der Waals surface area contributed by atoms with Gasteiger partial charge in [-0.2, -0.15) is 0 Å². The molecule has 1 aliphatic rings. The first-order chi connectivity index (χ1) is 12.6. The number of hydrogen-bond donors (Lipinski definition) is 3. The maximum absolute atomic E-state index is 12.3. The molecule has 3 rings (SSSR count). The summed E-state index contributed by atoms with van der Waals surface area (Å²) >= 11 is 2.91. The molecule has 0 radical (unpaired) electrons. The van der Waals surface area contributed by atoms with Crippen molar-refractivity contribution in [3.8, 4) is 10.7 Å². The van der Waals surface area contributed by atoms with Crippen molar-refractivity contribution in [1.29, 1.82) is 0 Å². The molecule has 138 valence electrons. The standard InChI is InChI=1S/C16H19N5O3S2/c1-3-9-12(14(22)24-4-2)10(18-15(23)17-9)8-26-16-19-13(20-21-16)11-6-5-7-25-11/h5-7,9H,3-4,8H2,1-2H3,(H2,17,18,23)(H,19,20,21)/t9-/m0/s1. The molecule has 0 aliphatic carbocycles. The van der Waals surface area contributed by atoms with Crippen LogP contribution in [0.15, 0.2) is 33.9 Å². The molecule has 8 nitrogen and oxygen atoms in total. The number of ether oxygens (including phenoxy) is 1. The van der Waals surface area contributed by atoms with Gasteiger partial charge in [0.2, 0.25) is 5.16 Å². The van der Waals surface area contributed by atoms with E-state index in [-0.39, 0.29) is 18.7 Å². The lowest BCUT2D eigenvalue weighted by Crippen LogP contribution is -2.50. The highest BCUT2D eigenvalue weighted by Crippen LogP contribution is 2.26. The molecule has 3 heterocycles. The van der Waals surface area contributed by atoms with E-state index < -0.39 is 5.97 Å². The minimum absolute atomic E-state index is 0.276. The van der Waals surface area contributed by atoms with E-state index in [1.165, 1.54) is 11.8 Å². The zero-order valence-corrected chi connectivity index (χ0v) is 16.0. The highest BCUT2D eigenvalue weighted by molar-refractivity contribution is 7.99. The van der Waals surface area contributed by atoms with Gasteiger partial charge in [0, 0.05) is 11.4 Å². The van der Waals surface area contributed by atoms with Crippen molar-refractivity contribution in [3.05, 3.63) is 28.8 Å². The predicted octanol–water partition coefficient (Wildman–Crippen LogP) is 2.53. The van der Waals surface area contributed by atoms with Gasteiger partial charge in [0.05, 0.1) is 23.1 Å². The smallest absolute Gasteiger partial charge is 0.337 e. The monoisotopic (exact) mass is 393 g/mol. The minimum atomic E-state index is -0.420. The molecule has 3 N–H and O–H groups in total. The van der Waals surface area contributed by atoms with E-state index in [0.29, 0.717) is 34.4 Å². The summed E-state index contributed by atoms with van der Waals surface area (Å²) in [7, 11) is 0. The van der Waals surface area contributed by atoms with Gasteiger partial charge >= 0.3 is 12.0 Å². The first-order valence-corrected chi connectivity index (χ1v) is 10.1. The summed E-state index contributed by atoms with van der Waals surface area (Å²) in [6, 6.07) is 3.21. The van der Waals surface area contributed by atoms with Crippen LogP contribution in [0.25, 0.3) is 10.7 Å². The summed E-state index contributed by atoms with van der Waals surface area (Å²) in [5.41, 5.74) is 0.988. The van der Waals surface area contributed by atoms with Crippen molar-refractivity contribution in [2.45, 2.75) is 31.5 Å². The van der Waals surface area contributed by atoms with Gasteiger partial charge in [0.1, 0.15) is 0 Å². The minimum Gasteiger partial charge on any atom is -0.463 e. The van der Waals surface area contributed by atoms with Gasteiger partial charge in [0.15, 0.2) is 5.82 Å². The highest BCUT2D eigenvalue weighted by atomic mass is 32.2. The third-order valence-corrected chi connectivity index (χ3v) is 5.46. The number of esters is 1. The predicted molar refractivity (Wildman–Crippen MR) is 99.8 cm³/mol. The van der Waals surface area contributed by atoms with Gasteiger partial charge in [-0.3, -0.25) is 5.10 Å². The maximum atomic E-state index is 12.3. The molecular weight excluding hydrogens is 374 g/mol. The lowest BCUT2D eigenvalue weighted by molar-refractivity contribution is -0.139. The fourth-order valence-corrected chi connectivity index (χ4v) is 3.98. The fourth-order valence-electron chi connectivity index (χ4n) is 2.55. The first-order valence-electron chi connectivity index (χ1n) is 8.19. The molecule has 26 heavy (non-hydrogen) atoms. The molecule has 0 aromatic carbocycles. The number of nitrogens with one attached hydrogen (secondary N) is 3. The van der Waals surface area contributed by atoms with E-state index in [4.69, 9.17) is 4.74 Å². The van der Waals surface area contributed by atoms with Crippen molar-refractivity contribution >= 4 is 35.1 Å². The molecule has 0 saturated carbocycles. The second-order valence-corrected chi connectivity index (χ2v) is 7.29. The summed E-state index contributed by atoms with van der Waals surface area (Å²) in [5.74, 6) is 0.638. The number of carbonyl (C=O) groups is 2. The van der Waals surface area contributed by atoms with Crippen LogP contribution in [0.3, 0.4) is 0 Å². The highest BCUT2D eigenvalue weighted by Gasteiger charge is 2.31. The van der Waals surface area contributed by atoms with Crippen molar-refractivity contribution < 1.29 is 14.3 Å². The van der Waals surface area contributed by atoms with E-state index in [2.05, 4.69) is 25.8 Å². The number of hydrogen-bond acceptors (Lipinski definition) is 7. The van der Waals surface area contributed by atoms with Crippen molar-refractivity contribution in [1.82, 2.24) is 25.8 Å². The number of H-pyrrole nitrogens is 1. The number of thiophene rings is 1. The Labute approximate surface area is 158 Å². The molecule has 2 aromatic heterocycles. The Morgan fingerprint density at radius 2 is 2.27 bits per heavy atom. The number of nitrogens with zero attached hydrogens (tertiary/aromatic N) is 2. The normalized spacial score (nSPS) is 17.0. The topological polar surface area (TPSA) is 109 Å². The summed E-state index contributed by atoms with van der Waals surface area (Å²) in [5, 5.41) is 15.1. The van der Waals surface area contributed by atoms with Crippen LogP contribution in [0, 0.1) is 0 Å². The first kappa shape index (κ1) is 18.5.